The smallest absolute Gasteiger partial charge is 0.252 e. The van der Waals surface area contributed by atoms with Crippen LogP contribution in [0.15, 0.2) is 29.2 Å². The van der Waals surface area contributed by atoms with E-state index in [0.717, 1.165) is 17.0 Å². The molecule has 0 aromatic heterocycles. The molecule has 0 aliphatic carbocycles. The van der Waals surface area contributed by atoms with Gasteiger partial charge in [0.25, 0.3) is 5.91 Å². The summed E-state index contributed by atoms with van der Waals surface area (Å²) in [7, 11) is 0. The van der Waals surface area contributed by atoms with Crippen LogP contribution >= 0.6 is 11.8 Å². The SMILES string of the molecule is CCCN1C(=O)CC(Nc2cccc(SC)c2)C1=O. The highest BCUT2D eigenvalue weighted by Crippen LogP contribution is 2.22. The number of hydrogen-bond donors (Lipinski definition) is 1. The molecule has 5 heteroatoms. The number of thioether (sulfide) groups is 1. The molecule has 1 heterocycles. The number of benzene rings is 1. The lowest BCUT2D eigenvalue weighted by atomic mass is 10.2. The maximum absolute atomic E-state index is 12.1. The van der Waals surface area contributed by atoms with Crippen molar-refractivity contribution in [3.8, 4) is 0 Å². The second-order valence-corrected chi connectivity index (χ2v) is 5.40. The zero-order valence-electron chi connectivity index (χ0n) is 11.2. The minimum Gasteiger partial charge on any atom is -0.373 e. The van der Waals surface area contributed by atoms with Crippen molar-refractivity contribution < 1.29 is 9.59 Å². The number of carbonyl (C=O) groups is 2. The number of imide groups is 1. The van der Waals surface area contributed by atoms with Crippen molar-refractivity contribution in [2.75, 3.05) is 18.1 Å². The Labute approximate surface area is 117 Å². The van der Waals surface area contributed by atoms with Gasteiger partial charge in [-0.05, 0) is 30.9 Å². The van der Waals surface area contributed by atoms with Crippen molar-refractivity contribution in [2.45, 2.75) is 30.7 Å². The highest BCUT2D eigenvalue weighted by Gasteiger charge is 2.37. The van der Waals surface area contributed by atoms with E-state index in [1.165, 1.54) is 4.90 Å². The summed E-state index contributed by atoms with van der Waals surface area (Å²) >= 11 is 1.65. The van der Waals surface area contributed by atoms with Crippen molar-refractivity contribution in [3.63, 3.8) is 0 Å². The summed E-state index contributed by atoms with van der Waals surface area (Å²) in [5.74, 6) is -0.188. The van der Waals surface area contributed by atoms with E-state index in [4.69, 9.17) is 0 Å². The Bertz CT molecular complexity index is 490. The molecular formula is C14H18N2O2S. The van der Waals surface area contributed by atoms with E-state index in [1.54, 1.807) is 11.8 Å². The number of likely N-dealkylation sites (tertiary alicyclic amines) is 1. The van der Waals surface area contributed by atoms with Crippen LogP contribution in [0.4, 0.5) is 5.69 Å². The van der Waals surface area contributed by atoms with Gasteiger partial charge in [0, 0.05) is 17.1 Å². The molecule has 19 heavy (non-hydrogen) atoms. The van der Waals surface area contributed by atoms with E-state index >= 15 is 0 Å². The molecule has 1 atom stereocenters. The summed E-state index contributed by atoms with van der Waals surface area (Å²) in [4.78, 5) is 26.4. The van der Waals surface area contributed by atoms with Crippen molar-refractivity contribution >= 4 is 29.3 Å². The average Bonchev–Trinajstić information content (AvgIpc) is 2.67. The summed E-state index contributed by atoms with van der Waals surface area (Å²) < 4.78 is 0. The van der Waals surface area contributed by atoms with Crippen LogP contribution in [-0.4, -0.2) is 35.6 Å². The zero-order valence-corrected chi connectivity index (χ0v) is 12.0. The number of nitrogens with one attached hydrogen (secondary N) is 1. The number of rotatable bonds is 5. The molecule has 1 aromatic carbocycles. The molecule has 1 saturated heterocycles. The fraction of sp³-hybridized carbons (Fsp3) is 0.429. The summed E-state index contributed by atoms with van der Waals surface area (Å²) in [5.41, 5.74) is 0.886. The van der Waals surface area contributed by atoms with Gasteiger partial charge >= 0.3 is 0 Å². The van der Waals surface area contributed by atoms with Crippen LogP contribution in [-0.2, 0) is 9.59 Å². The van der Waals surface area contributed by atoms with Crippen LogP contribution in [0.2, 0.25) is 0 Å². The van der Waals surface area contributed by atoms with Gasteiger partial charge in [-0.1, -0.05) is 13.0 Å². The van der Waals surface area contributed by atoms with Gasteiger partial charge in [-0.15, -0.1) is 11.8 Å². The zero-order chi connectivity index (χ0) is 13.8. The molecule has 0 bridgehead atoms. The summed E-state index contributed by atoms with van der Waals surface area (Å²) in [6, 6.07) is 7.45. The van der Waals surface area contributed by atoms with Gasteiger partial charge in [0.1, 0.15) is 6.04 Å². The molecule has 2 amide bonds. The maximum Gasteiger partial charge on any atom is 0.252 e. The second-order valence-electron chi connectivity index (χ2n) is 4.52. The molecule has 4 nitrogen and oxygen atoms in total. The number of carbonyl (C=O) groups excluding carboxylic acids is 2. The number of amides is 2. The largest absolute Gasteiger partial charge is 0.373 e. The third kappa shape index (κ3) is 3.10. The van der Waals surface area contributed by atoms with E-state index < -0.39 is 6.04 Å². The first-order valence-corrected chi connectivity index (χ1v) is 7.63. The molecule has 1 N–H and O–H groups in total. The third-order valence-corrected chi connectivity index (χ3v) is 3.83. The van der Waals surface area contributed by atoms with Gasteiger partial charge in [-0.3, -0.25) is 14.5 Å². The van der Waals surface area contributed by atoms with Gasteiger partial charge in [-0.2, -0.15) is 0 Å². The summed E-state index contributed by atoms with van der Waals surface area (Å²) in [5, 5.41) is 3.16. The highest BCUT2D eigenvalue weighted by molar-refractivity contribution is 7.98. The minimum atomic E-state index is -0.420. The highest BCUT2D eigenvalue weighted by atomic mass is 32.2. The van der Waals surface area contributed by atoms with E-state index in [2.05, 4.69) is 5.32 Å². The Balaban J connectivity index is 2.07. The molecule has 0 saturated carbocycles. The van der Waals surface area contributed by atoms with Crippen molar-refractivity contribution in [1.82, 2.24) is 4.90 Å². The predicted octanol–water partition coefficient (Wildman–Crippen LogP) is 2.36. The second kappa shape index (κ2) is 6.10. The van der Waals surface area contributed by atoms with Crippen molar-refractivity contribution in [2.24, 2.45) is 0 Å². The first kappa shape index (κ1) is 13.9. The van der Waals surface area contributed by atoms with Gasteiger partial charge in [0.2, 0.25) is 5.91 Å². The molecule has 0 radical (unpaired) electrons. The Hall–Kier alpha value is -1.49. The molecule has 0 spiro atoms. The summed E-state index contributed by atoms with van der Waals surface area (Å²) in [6.07, 6.45) is 3.06. The monoisotopic (exact) mass is 278 g/mol. The van der Waals surface area contributed by atoms with Crippen LogP contribution in [0.3, 0.4) is 0 Å². The predicted molar refractivity (Wildman–Crippen MR) is 77.3 cm³/mol. The lowest BCUT2D eigenvalue weighted by Gasteiger charge is -2.15. The Morgan fingerprint density at radius 1 is 1.42 bits per heavy atom. The number of anilines is 1. The van der Waals surface area contributed by atoms with E-state index in [0.29, 0.717) is 6.54 Å². The van der Waals surface area contributed by atoms with Crippen LogP contribution in [0.25, 0.3) is 0 Å². The van der Waals surface area contributed by atoms with Crippen LogP contribution in [0.5, 0.6) is 0 Å². The van der Waals surface area contributed by atoms with Crippen LogP contribution < -0.4 is 5.32 Å². The van der Waals surface area contributed by atoms with Gasteiger partial charge in [-0.25, -0.2) is 0 Å². The van der Waals surface area contributed by atoms with Gasteiger partial charge < -0.3 is 5.32 Å². The van der Waals surface area contributed by atoms with Crippen molar-refractivity contribution in [1.29, 1.82) is 0 Å². The molecule has 1 fully saturated rings. The third-order valence-electron chi connectivity index (χ3n) is 3.10. The van der Waals surface area contributed by atoms with Gasteiger partial charge in [0.15, 0.2) is 0 Å². The standard InChI is InChI=1S/C14H18N2O2S/c1-3-7-16-13(17)9-12(14(16)18)15-10-5-4-6-11(8-10)19-2/h4-6,8,12,15H,3,7,9H2,1-2H3. The molecule has 1 aromatic rings. The fourth-order valence-electron chi connectivity index (χ4n) is 2.17. The fourth-order valence-corrected chi connectivity index (χ4v) is 2.63. The number of hydrogen-bond acceptors (Lipinski definition) is 4. The van der Waals surface area contributed by atoms with Gasteiger partial charge in [0.05, 0.1) is 6.42 Å². The van der Waals surface area contributed by atoms with Crippen LogP contribution in [0.1, 0.15) is 19.8 Å². The molecule has 1 aliphatic rings. The normalized spacial score (nSPS) is 19.1. The van der Waals surface area contributed by atoms with E-state index in [1.807, 2.05) is 37.4 Å². The number of nitrogens with zero attached hydrogens (tertiary/aromatic N) is 1. The lowest BCUT2D eigenvalue weighted by molar-refractivity contribution is -0.138. The van der Waals surface area contributed by atoms with E-state index in [-0.39, 0.29) is 18.2 Å². The molecule has 102 valence electrons. The Morgan fingerprint density at radius 3 is 2.89 bits per heavy atom. The Kier molecular flexibility index (Phi) is 4.47. The van der Waals surface area contributed by atoms with E-state index in [9.17, 15) is 9.59 Å². The summed E-state index contributed by atoms with van der Waals surface area (Å²) in [6.45, 7) is 2.48. The molecule has 1 aliphatic heterocycles. The topological polar surface area (TPSA) is 49.4 Å². The van der Waals surface area contributed by atoms with Crippen LogP contribution in [0, 0.1) is 0 Å². The minimum absolute atomic E-state index is 0.0784. The quantitative estimate of drug-likeness (QED) is 0.663. The molecule has 2 rings (SSSR count). The lowest BCUT2D eigenvalue weighted by Crippen LogP contribution is -2.35. The molecule has 1 unspecified atom stereocenters. The first-order chi connectivity index (χ1) is 9.15. The maximum atomic E-state index is 12.1. The average molecular weight is 278 g/mol. The first-order valence-electron chi connectivity index (χ1n) is 6.40. The van der Waals surface area contributed by atoms with Crippen molar-refractivity contribution in [3.05, 3.63) is 24.3 Å². The molecular weight excluding hydrogens is 260 g/mol. The Morgan fingerprint density at radius 2 is 2.21 bits per heavy atom.